The van der Waals surface area contributed by atoms with Gasteiger partial charge in [0.1, 0.15) is 0 Å². The molecule has 102 valence electrons. The van der Waals surface area contributed by atoms with Gasteiger partial charge in [0.25, 0.3) is 0 Å². The first-order valence-electron chi connectivity index (χ1n) is 6.26. The van der Waals surface area contributed by atoms with E-state index in [0.717, 1.165) is 6.42 Å². The molecule has 0 unspecified atom stereocenters. The monoisotopic (exact) mass is 269 g/mol. The largest absolute Gasteiger partial charge is 0.502 e. The van der Waals surface area contributed by atoms with Crippen molar-refractivity contribution < 1.29 is 10.0 Å². The Kier molecular flexibility index (Phi) is 4.15. The Hall–Kier alpha value is -2.62. The number of nitro groups is 1. The molecule has 0 saturated carbocycles. The van der Waals surface area contributed by atoms with Crippen molar-refractivity contribution in [3.63, 3.8) is 0 Å². The maximum atomic E-state index is 10.7. The number of nitro benzene ring substituents is 1. The van der Waals surface area contributed by atoms with Gasteiger partial charge in [-0.25, -0.2) is 0 Å². The van der Waals surface area contributed by atoms with Crippen molar-refractivity contribution in [2.24, 2.45) is 0 Å². The van der Waals surface area contributed by atoms with Gasteiger partial charge in [0, 0.05) is 6.07 Å². The zero-order valence-corrected chi connectivity index (χ0v) is 11.1. The quantitative estimate of drug-likeness (QED) is 0.677. The lowest BCUT2D eigenvalue weighted by Gasteiger charge is -1.99. The third kappa shape index (κ3) is 3.45. The predicted molar refractivity (Wildman–Crippen MR) is 78.7 cm³/mol. The summed E-state index contributed by atoms with van der Waals surface area (Å²) in [5, 5.41) is 20.1. The number of hydrogen-bond acceptors (Lipinski definition) is 3. The number of hydrogen-bond donors (Lipinski definition) is 1. The molecule has 0 atom stereocenters. The molecule has 4 nitrogen and oxygen atoms in total. The van der Waals surface area contributed by atoms with Crippen LogP contribution in [0.1, 0.15) is 16.7 Å². The molecule has 0 bridgehead atoms. The van der Waals surface area contributed by atoms with Crippen LogP contribution in [0.3, 0.4) is 0 Å². The van der Waals surface area contributed by atoms with Crippen LogP contribution in [0.5, 0.6) is 5.75 Å². The predicted octanol–water partition coefficient (Wildman–Crippen LogP) is 3.86. The van der Waals surface area contributed by atoms with Crippen LogP contribution in [0.4, 0.5) is 5.69 Å². The highest BCUT2D eigenvalue weighted by Gasteiger charge is 2.12. The summed E-state index contributed by atoms with van der Waals surface area (Å²) in [5.41, 5.74) is 2.82. The summed E-state index contributed by atoms with van der Waals surface area (Å²) in [4.78, 5) is 10.1. The van der Waals surface area contributed by atoms with Crippen molar-refractivity contribution in [2.45, 2.75) is 13.3 Å². The number of rotatable bonds is 4. The van der Waals surface area contributed by atoms with Gasteiger partial charge in [-0.3, -0.25) is 10.1 Å². The fraction of sp³-hybridized carbons (Fsp3) is 0.125. The maximum Gasteiger partial charge on any atom is 0.311 e. The lowest BCUT2D eigenvalue weighted by atomic mass is 10.1. The Balaban J connectivity index is 2.10. The summed E-state index contributed by atoms with van der Waals surface area (Å²) < 4.78 is 0. The molecule has 0 radical (unpaired) electrons. The van der Waals surface area contributed by atoms with Crippen molar-refractivity contribution in [1.29, 1.82) is 0 Å². The number of phenolic OH excluding ortho intramolecular Hbond substituents is 1. The summed E-state index contributed by atoms with van der Waals surface area (Å²) in [7, 11) is 0. The SMILES string of the molecule is Cc1ccc(CC=Cc2ccc(O)c([N+](=O)[O-])c2)cc1. The van der Waals surface area contributed by atoms with E-state index in [1.165, 1.54) is 23.3 Å². The van der Waals surface area contributed by atoms with Gasteiger partial charge in [-0.15, -0.1) is 0 Å². The molecule has 20 heavy (non-hydrogen) atoms. The average molecular weight is 269 g/mol. The van der Waals surface area contributed by atoms with Crippen molar-refractivity contribution in [3.05, 3.63) is 75.3 Å². The fourth-order valence-corrected chi connectivity index (χ4v) is 1.85. The van der Waals surface area contributed by atoms with Crippen molar-refractivity contribution >= 4 is 11.8 Å². The zero-order valence-electron chi connectivity index (χ0n) is 11.1. The first-order valence-corrected chi connectivity index (χ1v) is 6.26. The van der Waals surface area contributed by atoms with E-state index in [2.05, 4.69) is 24.3 Å². The smallest absolute Gasteiger partial charge is 0.311 e. The Bertz CT molecular complexity index is 645. The van der Waals surface area contributed by atoms with E-state index >= 15 is 0 Å². The number of benzene rings is 2. The summed E-state index contributed by atoms with van der Waals surface area (Å²) in [6.07, 6.45) is 4.52. The van der Waals surface area contributed by atoms with Crippen LogP contribution in [0.25, 0.3) is 6.08 Å². The molecular weight excluding hydrogens is 254 g/mol. The molecule has 0 aliphatic heterocycles. The third-order valence-corrected chi connectivity index (χ3v) is 2.98. The molecule has 0 aromatic heterocycles. The molecule has 0 saturated heterocycles. The van der Waals surface area contributed by atoms with Crippen molar-refractivity contribution in [3.8, 4) is 5.75 Å². The minimum Gasteiger partial charge on any atom is -0.502 e. The Morgan fingerprint density at radius 3 is 2.55 bits per heavy atom. The molecule has 0 heterocycles. The Morgan fingerprint density at radius 2 is 1.90 bits per heavy atom. The summed E-state index contributed by atoms with van der Waals surface area (Å²) >= 11 is 0. The number of aryl methyl sites for hydroxylation is 1. The van der Waals surface area contributed by atoms with E-state index in [4.69, 9.17) is 0 Å². The minimum atomic E-state index is -0.591. The highest BCUT2D eigenvalue weighted by molar-refractivity contribution is 5.58. The lowest BCUT2D eigenvalue weighted by Crippen LogP contribution is -1.89. The molecule has 2 aromatic rings. The first kappa shape index (κ1) is 13.8. The second kappa shape index (κ2) is 6.02. The number of phenols is 1. The van der Waals surface area contributed by atoms with Gasteiger partial charge < -0.3 is 5.11 Å². The van der Waals surface area contributed by atoms with Crippen LogP contribution in [0.2, 0.25) is 0 Å². The Labute approximate surface area is 117 Å². The molecule has 0 aliphatic carbocycles. The molecule has 2 aromatic carbocycles. The second-order valence-corrected chi connectivity index (χ2v) is 4.60. The second-order valence-electron chi connectivity index (χ2n) is 4.60. The van der Waals surface area contributed by atoms with Crippen LogP contribution in [-0.2, 0) is 6.42 Å². The molecule has 1 N–H and O–H groups in total. The fourth-order valence-electron chi connectivity index (χ4n) is 1.85. The highest BCUT2D eigenvalue weighted by Crippen LogP contribution is 2.26. The highest BCUT2D eigenvalue weighted by atomic mass is 16.6. The molecule has 4 heteroatoms. The third-order valence-electron chi connectivity index (χ3n) is 2.98. The number of allylic oxidation sites excluding steroid dienone is 1. The molecule has 0 aliphatic rings. The number of aromatic hydroxyl groups is 1. The van der Waals surface area contributed by atoms with Gasteiger partial charge in [-0.05, 0) is 30.5 Å². The van der Waals surface area contributed by atoms with Gasteiger partial charge in [0.2, 0.25) is 0 Å². The van der Waals surface area contributed by atoms with Crippen LogP contribution in [0, 0.1) is 17.0 Å². The molecule has 0 fully saturated rings. The standard InChI is InChI=1S/C16H15NO3/c1-12-5-7-13(8-6-12)3-2-4-14-9-10-16(18)15(11-14)17(19)20/h2,4-11,18H,3H2,1H3. The van der Waals surface area contributed by atoms with E-state index in [9.17, 15) is 15.2 Å². The van der Waals surface area contributed by atoms with Gasteiger partial charge in [0.05, 0.1) is 4.92 Å². The average Bonchev–Trinajstić information content (AvgIpc) is 2.42. The van der Waals surface area contributed by atoms with Crippen LogP contribution >= 0.6 is 0 Å². The van der Waals surface area contributed by atoms with Crippen molar-refractivity contribution in [2.75, 3.05) is 0 Å². The van der Waals surface area contributed by atoms with Gasteiger partial charge in [-0.1, -0.05) is 48.0 Å². The van der Waals surface area contributed by atoms with E-state index in [1.807, 2.05) is 19.1 Å². The van der Waals surface area contributed by atoms with E-state index < -0.39 is 4.92 Å². The molecule has 0 spiro atoms. The Morgan fingerprint density at radius 1 is 1.20 bits per heavy atom. The van der Waals surface area contributed by atoms with E-state index in [-0.39, 0.29) is 11.4 Å². The summed E-state index contributed by atoms with van der Waals surface area (Å²) in [6, 6.07) is 12.6. The number of nitrogens with zero attached hydrogens (tertiary/aromatic N) is 1. The first-order chi connectivity index (χ1) is 9.56. The normalized spacial score (nSPS) is 10.8. The molecule has 0 amide bonds. The molecular formula is C16H15NO3. The van der Waals surface area contributed by atoms with E-state index in [0.29, 0.717) is 5.56 Å². The maximum absolute atomic E-state index is 10.7. The van der Waals surface area contributed by atoms with Gasteiger partial charge >= 0.3 is 5.69 Å². The van der Waals surface area contributed by atoms with Gasteiger partial charge in [0.15, 0.2) is 5.75 Å². The summed E-state index contributed by atoms with van der Waals surface area (Å²) in [5.74, 6) is -0.314. The zero-order chi connectivity index (χ0) is 14.5. The van der Waals surface area contributed by atoms with Crippen LogP contribution in [-0.4, -0.2) is 10.0 Å². The topological polar surface area (TPSA) is 63.4 Å². The minimum absolute atomic E-state index is 0.275. The summed E-state index contributed by atoms with van der Waals surface area (Å²) in [6.45, 7) is 2.04. The van der Waals surface area contributed by atoms with Crippen molar-refractivity contribution in [1.82, 2.24) is 0 Å². The van der Waals surface area contributed by atoms with Crippen LogP contribution in [0.15, 0.2) is 48.5 Å². The lowest BCUT2D eigenvalue weighted by molar-refractivity contribution is -0.385. The van der Waals surface area contributed by atoms with Gasteiger partial charge in [-0.2, -0.15) is 0 Å². The van der Waals surface area contributed by atoms with E-state index in [1.54, 1.807) is 6.07 Å². The van der Waals surface area contributed by atoms with Crippen LogP contribution < -0.4 is 0 Å². The molecule has 2 rings (SSSR count).